The van der Waals surface area contributed by atoms with Gasteiger partial charge in [-0.05, 0) is 26.3 Å². The molecule has 1 fully saturated rings. The topological polar surface area (TPSA) is 53.6 Å². The zero-order chi connectivity index (χ0) is 12.4. The smallest absolute Gasteiger partial charge is 0.181 e. The van der Waals surface area contributed by atoms with Crippen LogP contribution in [0.5, 0.6) is 0 Å². The molecule has 0 amide bonds. The number of aromatic amines is 1. The molecule has 4 heteroatoms. The molecule has 4 nitrogen and oxygen atoms in total. The maximum atomic E-state index is 4.63. The molecule has 1 saturated heterocycles. The van der Waals surface area contributed by atoms with Gasteiger partial charge in [0.05, 0.1) is 0 Å². The minimum atomic E-state index is 0.477. The second-order valence-electron chi connectivity index (χ2n) is 4.95. The normalized spacial score (nSPS) is 19.9. The summed E-state index contributed by atoms with van der Waals surface area (Å²) in [5.74, 6) is 2.29. The quantitative estimate of drug-likeness (QED) is 0.849. The van der Waals surface area contributed by atoms with E-state index in [1.807, 2.05) is 0 Å². The summed E-state index contributed by atoms with van der Waals surface area (Å²) in [6.45, 7) is 4.21. The third kappa shape index (κ3) is 2.29. The van der Waals surface area contributed by atoms with E-state index in [9.17, 15) is 0 Å². The SMILES string of the molecule is Cc1ccc(-c2n[nH]c(C3CCCNC3)n2)cc1. The number of aryl methyl sites for hydroxylation is 1. The minimum absolute atomic E-state index is 0.477. The van der Waals surface area contributed by atoms with Gasteiger partial charge in [0, 0.05) is 18.0 Å². The van der Waals surface area contributed by atoms with Crippen molar-refractivity contribution in [2.45, 2.75) is 25.7 Å². The summed E-state index contributed by atoms with van der Waals surface area (Å²) in [6, 6.07) is 8.32. The van der Waals surface area contributed by atoms with Gasteiger partial charge in [-0.3, -0.25) is 5.10 Å². The Morgan fingerprint density at radius 3 is 2.78 bits per heavy atom. The van der Waals surface area contributed by atoms with Gasteiger partial charge in [0.2, 0.25) is 0 Å². The Hall–Kier alpha value is -1.68. The molecule has 1 aliphatic heterocycles. The predicted octanol–water partition coefficient (Wildman–Crippen LogP) is 2.25. The largest absolute Gasteiger partial charge is 0.316 e. The predicted molar refractivity (Wildman–Crippen MR) is 71.4 cm³/mol. The minimum Gasteiger partial charge on any atom is -0.316 e. The van der Waals surface area contributed by atoms with Crippen LogP contribution in [-0.4, -0.2) is 28.3 Å². The highest BCUT2D eigenvalue weighted by Crippen LogP contribution is 2.22. The molecule has 0 aliphatic carbocycles. The highest BCUT2D eigenvalue weighted by atomic mass is 15.2. The van der Waals surface area contributed by atoms with Crippen LogP contribution in [0.4, 0.5) is 0 Å². The van der Waals surface area contributed by atoms with Crippen LogP contribution < -0.4 is 5.32 Å². The van der Waals surface area contributed by atoms with Gasteiger partial charge in [0.1, 0.15) is 5.82 Å². The Morgan fingerprint density at radius 2 is 2.06 bits per heavy atom. The van der Waals surface area contributed by atoms with E-state index in [1.54, 1.807) is 0 Å². The van der Waals surface area contributed by atoms with Crippen LogP contribution in [-0.2, 0) is 0 Å². The van der Waals surface area contributed by atoms with Crippen molar-refractivity contribution in [2.75, 3.05) is 13.1 Å². The van der Waals surface area contributed by atoms with E-state index in [0.29, 0.717) is 5.92 Å². The molecule has 1 aromatic carbocycles. The highest BCUT2D eigenvalue weighted by Gasteiger charge is 2.19. The first-order valence-electron chi connectivity index (χ1n) is 6.53. The van der Waals surface area contributed by atoms with Crippen molar-refractivity contribution < 1.29 is 0 Å². The summed E-state index contributed by atoms with van der Waals surface area (Å²) in [6.07, 6.45) is 2.40. The second kappa shape index (κ2) is 4.90. The van der Waals surface area contributed by atoms with Crippen LogP contribution in [0.15, 0.2) is 24.3 Å². The molecular weight excluding hydrogens is 224 g/mol. The number of H-pyrrole nitrogens is 1. The van der Waals surface area contributed by atoms with Crippen LogP contribution in [0.3, 0.4) is 0 Å². The van der Waals surface area contributed by atoms with Crippen molar-refractivity contribution in [1.29, 1.82) is 0 Å². The molecule has 1 aromatic heterocycles. The molecular formula is C14H18N4. The molecule has 94 valence electrons. The van der Waals surface area contributed by atoms with E-state index in [2.05, 4.69) is 51.7 Å². The average Bonchev–Trinajstić information content (AvgIpc) is 2.90. The zero-order valence-electron chi connectivity index (χ0n) is 10.6. The third-order valence-corrected chi connectivity index (χ3v) is 3.50. The number of nitrogens with zero attached hydrogens (tertiary/aromatic N) is 2. The molecule has 1 atom stereocenters. The second-order valence-corrected chi connectivity index (χ2v) is 4.95. The summed E-state index contributed by atoms with van der Waals surface area (Å²) in [5, 5.41) is 10.8. The first-order valence-corrected chi connectivity index (χ1v) is 6.53. The summed E-state index contributed by atoms with van der Waals surface area (Å²) in [7, 11) is 0. The van der Waals surface area contributed by atoms with Gasteiger partial charge in [0.25, 0.3) is 0 Å². The van der Waals surface area contributed by atoms with E-state index in [1.165, 1.54) is 18.4 Å². The summed E-state index contributed by atoms with van der Waals surface area (Å²) in [4.78, 5) is 4.63. The van der Waals surface area contributed by atoms with Crippen LogP contribution in [0.1, 0.15) is 30.1 Å². The summed E-state index contributed by atoms with van der Waals surface area (Å²) in [5.41, 5.74) is 2.33. The molecule has 1 unspecified atom stereocenters. The lowest BCUT2D eigenvalue weighted by Crippen LogP contribution is -2.28. The summed E-state index contributed by atoms with van der Waals surface area (Å²) < 4.78 is 0. The molecule has 0 radical (unpaired) electrons. The Kier molecular flexibility index (Phi) is 3.11. The molecule has 1 aliphatic rings. The molecule has 0 bridgehead atoms. The average molecular weight is 242 g/mol. The fraction of sp³-hybridized carbons (Fsp3) is 0.429. The van der Waals surface area contributed by atoms with Crippen LogP contribution >= 0.6 is 0 Å². The standard InChI is InChI=1S/C14H18N4/c1-10-4-6-11(7-5-10)13-16-14(18-17-13)12-3-2-8-15-9-12/h4-7,12,15H,2-3,8-9H2,1H3,(H,16,17,18). The maximum absolute atomic E-state index is 4.63. The monoisotopic (exact) mass is 242 g/mol. The molecule has 2 heterocycles. The lowest BCUT2D eigenvalue weighted by Gasteiger charge is -2.20. The van der Waals surface area contributed by atoms with Crippen molar-refractivity contribution in [3.8, 4) is 11.4 Å². The van der Waals surface area contributed by atoms with Crippen molar-refractivity contribution in [3.05, 3.63) is 35.7 Å². The van der Waals surface area contributed by atoms with Crippen molar-refractivity contribution in [1.82, 2.24) is 20.5 Å². The van der Waals surface area contributed by atoms with Crippen molar-refractivity contribution in [3.63, 3.8) is 0 Å². The van der Waals surface area contributed by atoms with Crippen LogP contribution in [0.25, 0.3) is 11.4 Å². The lowest BCUT2D eigenvalue weighted by atomic mass is 9.99. The van der Waals surface area contributed by atoms with Crippen LogP contribution in [0.2, 0.25) is 0 Å². The van der Waals surface area contributed by atoms with Gasteiger partial charge in [-0.25, -0.2) is 4.98 Å². The number of hydrogen-bond acceptors (Lipinski definition) is 3. The first kappa shape index (κ1) is 11.4. The number of piperidine rings is 1. The fourth-order valence-corrected chi connectivity index (χ4v) is 2.37. The highest BCUT2D eigenvalue weighted by molar-refractivity contribution is 5.54. The molecule has 0 spiro atoms. The fourth-order valence-electron chi connectivity index (χ4n) is 2.37. The van der Waals surface area contributed by atoms with E-state index >= 15 is 0 Å². The molecule has 18 heavy (non-hydrogen) atoms. The van der Waals surface area contributed by atoms with E-state index in [4.69, 9.17) is 0 Å². The van der Waals surface area contributed by atoms with Gasteiger partial charge in [0.15, 0.2) is 5.82 Å². The van der Waals surface area contributed by atoms with Gasteiger partial charge < -0.3 is 5.32 Å². The molecule has 2 N–H and O–H groups in total. The third-order valence-electron chi connectivity index (χ3n) is 3.50. The van der Waals surface area contributed by atoms with Crippen molar-refractivity contribution >= 4 is 0 Å². The van der Waals surface area contributed by atoms with Gasteiger partial charge in [-0.2, -0.15) is 5.10 Å². The lowest BCUT2D eigenvalue weighted by molar-refractivity contribution is 0.447. The van der Waals surface area contributed by atoms with E-state index in [-0.39, 0.29) is 0 Å². The summed E-state index contributed by atoms with van der Waals surface area (Å²) >= 11 is 0. The molecule has 2 aromatic rings. The Morgan fingerprint density at radius 1 is 1.22 bits per heavy atom. The van der Waals surface area contributed by atoms with Gasteiger partial charge >= 0.3 is 0 Å². The molecule has 3 rings (SSSR count). The van der Waals surface area contributed by atoms with E-state index in [0.717, 1.165) is 30.3 Å². The number of aromatic nitrogens is 3. The Bertz CT molecular complexity index is 509. The Labute approximate surface area is 107 Å². The Balaban J connectivity index is 1.82. The first-order chi connectivity index (χ1) is 8.83. The molecule has 0 saturated carbocycles. The number of hydrogen-bond donors (Lipinski definition) is 2. The maximum Gasteiger partial charge on any atom is 0.181 e. The number of rotatable bonds is 2. The number of benzene rings is 1. The van der Waals surface area contributed by atoms with Gasteiger partial charge in [-0.15, -0.1) is 0 Å². The van der Waals surface area contributed by atoms with Crippen LogP contribution in [0, 0.1) is 6.92 Å². The number of nitrogens with one attached hydrogen (secondary N) is 2. The van der Waals surface area contributed by atoms with Crippen molar-refractivity contribution in [2.24, 2.45) is 0 Å². The van der Waals surface area contributed by atoms with Gasteiger partial charge in [-0.1, -0.05) is 29.8 Å². The zero-order valence-corrected chi connectivity index (χ0v) is 10.6. The van der Waals surface area contributed by atoms with E-state index < -0.39 is 0 Å².